The van der Waals surface area contributed by atoms with E-state index in [1.165, 1.54) is 6.33 Å². The predicted octanol–water partition coefficient (Wildman–Crippen LogP) is 7.92. The normalized spacial score (nSPS) is 14.0. The van der Waals surface area contributed by atoms with E-state index < -0.39 is 0 Å². The Bertz CT molecular complexity index is 1860. The van der Waals surface area contributed by atoms with Crippen LogP contribution >= 0.6 is 46.4 Å². The van der Waals surface area contributed by atoms with E-state index in [9.17, 15) is 0 Å². The molecular formula is C29H19Cl4N7O. The van der Waals surface area contributed by atoms with Gasteiger partial charge in [-0.15, -0.1) is 10.2 Å². The SMILES string of the molecule is Clc1ccc(-n2c(-c3ccc(Cl)cc3Cl)nc(-c3nnc(C4(c5ccc(Cl)cc5)CC4)o3)c2Cn2cncn2)cc1. The summed E-state index contributed by atoms with van der Waals surface area (Å²) in [6.07, 6.45) is 4.91. The molecule has 0 N–H and O–H groups in total. The molecule has 0 radical (unpaired) electrons. The van der Waals surface area contributed by atoms with Gasteiger partial charge in [0.15, 0.2) is 5.69 Å². The first-order chi connectivity index (χ1) is 19.9. The summed E-state index contributed by atoms with van der Waals surface area (Å²) in [5, 5.41) is 15.6. The van der Waals surface area contributed by atoms with Crippen LogP contribution in [0.4, 0.5) is 0 Å². The average Bonchev–Trinajstić information content (AvgIpc) is 3.29. The number of nitrogens with zero attached hydrogens (tertiary/aromatic N) is 7. The van der Waals surface area contributed by atoms with Gasteiger partial charge >= 0.3 is 0 Å². The molecule has 0 amide bonds. The van der Waals surface area contributed by atoms with Gasteiger partial charge < -0.3 is 4.42 Å². The minimum Gasteiger partial charge on any atom is -0.418 e. The van der Waals surface area contributed by atoms with Crippen molar-refractivity contribution in [2.24, 2.45) is 0 Å². The third-order valence-electron chi connectivity index (χ3n) is 7.19. The second kappa shape index (κ2) is 10.3. The van der Waals surface area contributed by atoms with E-state index in [1.807, 2.05) is 59.2 Å². The Hall–Kier alpha value is -3.69. The van der Waals surface area contributed by atoms with E-state index in [0.29, 0.717) is 49.6 Å². The first kappa shape index (κ1) is 26.2. The van der Waals surface area contributed by atoms with Gasteiger partial charge in [-0.05, 0) is 73.0 Å². The maximum absolute atomic E-state index is 6.70. The van der Waals surface area contributed by atoms with Gasteiger partial charge in [0.2, 0.25) is 5.89 Å². The molecule has 0 bridgehead atoms. The van der Waals surface area contributed by atoms with Crippen LogP contribution in [0.1, 0.15) is 30.0 Å². The molecule has 0 aliphatic heterocycles. The van der Waals surface area contributed by atoms with Crippen LogP contribution in [0.2, 0.25) is 20.1 Å². The molecule has 3 heterocycles. The summed E-state index contributed by atoms with van der Waals surface area (Å²) >= 11 is 25.3. The third kappa shape index (κ3) is 4.81. The lowest BCUT2D eigenvalue weighted by atomic mass is 9.96. The van der Waals surface area contributed by atoms with Gasteiger partial charge in [0.25, 0.3) is 5.89 Å². The highest BCUT2D eigenvalue weighted by atomic mass is 35.5. The van der Waals surface area contributed by atoms with Crippen LogP contribution in [0.3, 0.4) is 0 Å². The van der Waals surface area contributed by atoms with Gasteiger partial charge in [0.1, 0.15) is 18.5 Å². The molecular weight excluding hydrogens is 604 g/mol. The number of aromatic nitrogens is 7. The Kier molecular flexibility index (Phi) is 6.59. The maximum atomic E-state index is 6.70. The van der Waals surface area contributed by atoms with Crippen LogP contribution in [0.15, 0.2) is 83.8 Å². The van der Waals surface area contributed by atoms with Crippen LogP contribution in [0, 0.1) is 0 Å². The molecule has 8 nitrogen and oxygen atoms in total. The second-order valence-corrected chi connectivity index (χ2v) is 11.5. The Morgan fingerprint density at radius 2 is 1.54 bits per heavy atom. The van der Waals surface area contributed by atoms with E-state index in [1.54, 1.807) is 23.1 Å². The highest BCUT2D eigenvalue weighted by Crippen LogP contribution is 2.53. The number of benzene rings is 3. The van der Waals surface area contributed by atoms with Gasteiger partial charge in [0, 0.05) is 26.3 Å². The molecule has 0 unspecified atom stereocenters. The van der Waals surface area contributed by atoms with Crippen molar-refractivity contribution < 1.29 is 4.42 Å². The molecule has 41 heavy (non-hydrogen) atoms. The Morgan fingerprint density at radius 3 is 2.20 bits per heavy atom. The van der Waals surface area contributed by atoms with Crippen molar-refractivity contribution in [3.8, 4) is 28.7 Å². The largest absolute Gasteiger partial charge is 0.418 e. The zero-order valence-corrected chi connectivity index (χ0v) is 24.2. The summed E-state index contributed by atoms with van der Waals surface area (Å²) in [5.41, 5.74) is 3.47. The second-order valence-electron chi connectivity index (χ2n) is 9.76. The summed E-state index contributed by atoms with van der Waals surface area (Å²) in [6.45, 7) is 0.316. The molecule has 7 rings (SSSR count). The predicted molar refractivity (Wildman–Crippen MR) is 158 cm³/mol. The molecule has 1 fully saturated rings. The monoisotopic (exact) mass is 621 g/mol. The summed E-state index contributed by atoms with van der Waals surface area (Å²) in [7, 11) is 0. The molecule has 1 saturated carbocycles. The van der Waals surface area contributed by atoms with Crippen molar-refractivity contribution in [2.75, 3.05) is 0 Å². The van der Waals surface area contributed by atoms with Crippen molar-refractivity contribution in [1.29, 1.82) is 0 Å². The van der Waals surface area contributed by atoms with Crippen molar-refractivity contribution in [2.45, 2.75) is 24.8 Å². The fourth-order valence-corrected chi connectivity index (χ4v) is 5.74. The maximum Gasteiger partial charge on any atom is 0.268 e. The summed E-state index contributed by atoms with van der Waals surface area (Å²) in [5.74, 6) is 1.39. The zero-order valence-electron chi connectivity index (χ0n) is 21.2. The number of rotatable bonds is 7. The van der Waals surface area contributed by atoms with Gasteiger partial charge in [-0.25, -0.2) is 14.6 Å². The van der Waals surface area contributed by atoms with Gasteiger partial charge in [-0.2, -0.15) is 5.10 Å². The highest BCUT2D eigenvalue weighted by molar-refractivity contribution is 6.36. The highest BCUT2D eigenvalue weighted by Gasteiger charge is 2.51. The quantitative estimate of drug-likeness (QED) is 0.180. The van der Waals surface area contributed by atoms with Crippen LogP contribution in [0.5, 0.6) is 0 Å². The average molecular weight is 623 g/mol. The van der Waals surface area contributed by atoms with Crippen molar-refractivity contribution >= 4 is 46.4 Å². The fraction of sp³-hybridized carbons (Fsp3) is 0.138. The Balaban J connectivity index is 1.43. The number of hydrogen-bond acceptors (Lipinski definition) is 6. The first-order valence-corrected chi connectivity index (χ1v) is 14.2. The Labute approximate surface area is 254 Å². The summed E-state index contributed by atoms with van der Waals surface area (Å²) in [4.78, 5) is 9.16. The molecule has 3 aromatic heterocycles. The van der Waals surface area contributed by atoms with E-state index in [-0.39, 0.29) is 11.3 Å². The summed E-state index contributed by atoms with van der Waals surface area (Å²) < 4.78 is 10.1. The smallest absolute Gasteiger partial charge is 0.268 e. The van der Waals surface area contributed by atoms with Gasteiger partial charge in [-0.3, -0.25) is 4.57 Å². The van der Waals surface area contributed by atoms with Crippen LogP contribution in [-0.2, 0) is 12.0 Å². The topological polar surface area (TPSA) is 87.5 Å². The van der Waals surface area contributed by atoms with Crippen molar-refractivity contribution in [3.63, 3.8) is 0 Å². The zero-order chi connectivity index (χ0) is 28.1. The number of halogens is 4. The lowest BCUT2D eigenvalue weighted by Crippen LogP contribution is -2.09. The third-order valence-corrected chi connectivity index (χ3v) is 8.24. The minimum absolute atomic E-state index is 0.286. The fourth-order valence-electron chi connectivity index (χ4n) is 4.99. The molecule has 0 atom stereocenters. The van der Waals surface area contributed by atoms with Crippen LogP contribution in [0.25, 0.3) is 28.7 Å². The molecule has 3 aromatic carbocycles. The van der Waals surface area contributed by atoms with E-state index in [4.69, 9.17) is 55.8 Å². The van der Waals surface area contributed by atoms with Crippen molar-refractivity contribution in [1.82, 2.24) is 34.5 Å². The molecule has 1 aliphatic rings. The van der Waals surface area contributed by atoms with E-state index in [2.05, 4.69) is 20.3 Å². The number of imidazole rings is 1. The molecule has 0 saturated heterocycles. The van der Waals surface area contributed by atoms with Crippen molar-refractivity contribution in [3.05, 3.63) is 117 Å². The molecule has 12 heteroatoms. The lowest BCUT2D eigenvalue weighted by molar-refractivity contribution is 0.470. The van der Waals surface area contributed by atoms with E-state index >= 15 is 0 Å². The molecule has 1 aliphatic carbocycles. The first-order valence-electron chi connectivity index (χ1n) is 12.7. The van der Waals surface area contributed by atoms with Gasteiger partial charge in [-0.1, -0.05) is 58.5 Å². The van der Waals surface area contributed by atoms with Crippen LogP contribution < -0.4 is 0 Å². The van der Waals surface area contributed by atoms with E-state index in [0.717, 1.165) is 29.8 Å². The molecule has 6 aromatic rings. The molecule has 204 valence electrons. The Morgan fingerprint density at radius 1 is 0.829 bits per heavy atom. The lowest BCUT2D eigenvalue weighted by Gasteiger charge is -2.14. The van der Waals surface area contributed by atoms with Gasteiger partial charge in [0.05, 0.1) is 22.7 Å². The minimum atomic E-state index is -0.344. The van der Waals surface area contributed by atoms with Crippen LogP contribution in [-0.4, -0.2) is 34.5 Å². The summed E-state index contributed by atoms with van der Waals surface area (Å²) in [6, 6.07) is 20.5. The molecule has 0 spiro atoms. The number of hydrogen-bond donors (Lipinski definition) is 0. The standard InChI is InChI=1S/C29H19Cl4N7O/c30-18-3-1-17(2-4-18)29(11-12-29)28-38-37-27(41-28)25-24(14-39-16-34-15-35-39)40(21-8-5-19(31)6-9-21)26(36-25)22-10-7-20(32)13-23(22)33/h1-10,13,15-16H,11-12,14H2.